The second kappa shape index (κ2) is 8.61. The van der Waals surface area contributed by atoms with Crippen LogP contribution in [0.1, 0.15) is 26.2 Å². The van der Waals surface area contributed by atoms with Crippen LogP contribution in [0.15, 0.2) is 0 Å². The van der Waals surface area contributed by atoms with E-state index in [9.17, 15) is 8.42 Å². The van der Waals surface area contributed by atoms with Crippen LogP contribution in [0.5, 0.6) is 0 Å². The van der Waals surface area contributed by atoms with Gasteiger partial charge in [0.1, 0.15) is 0 Å². The Morgan fingerprint density at radius 1 is 1.38 bits per heavy atom. The lowest BCUT2D eigenvalue weighted by Crippen LogP contribution is -2.39. The molecule has 0 amide bonds. The van der Waals surface area contributed by atoms with E-state index in [0.717, 1.165) is 18.6 Å². The maximum absolute atomic E-state index is 12.0. The monoisotopic (exact) mass is 287 g/mol. The van der Waals surface area contributed by atoms with E-state index < -0.39 is 10.0 Å². The lowest BCUT2D eigenvalue weighted by molar-refractivity contribution is 0.385. The van der Waals surface area contributed by atoms with Crippen LogP contribution in [-0.2, 0) is 10.0 Å². The minimum absolute atomic E-state index is 0.107. The first kappa shape index (κ1) is 16.6. The zero-order valence-electron chi connectivity index (χ0n) is 10.3. The predicted molar refractivity (Wildman–Crippen MR) is 74.0 cm³/mol. The Hall–Kier alpha value is 0.550. The fourth-order valence-electron chi connectivity index (χ4n) is 1.42. The molecule has 0 aromatic carbocycles. The SMILES string of the molecule is CCC(CSC)N(C)S(=O)(=O)CCCCCl. The Labute approximate surface area is 109 Å². The zero-order valence-corrected chi connectivity index (χ0v) is 12.7. The summed E-state index contributed by atoms with van der Waals surface area (Å²) in [5.74, 6) is 1.59. The molecule has 0 aliphatic heterocycles. The molecule has 0 aliphatic carbocycles. The summed E-state index contributed by atoms with van der Waals surface area (Å²) >= 11 is 7.22. The molecule has 0 bridgehead atoms. The average Bonchev–Trinajstić information content (AvgIpc) is 2.25. The molecule has 0 saturated carbocycles. The molecule has 6 heteroatoms. The first-order chi connectivity index (χ1) is 7.49. The fourth-order valence-corrected chi connectivity index (χ4v) is 4.08. The summed E-state index contributed by atoms with van der Waals surface area (Å²) in [6, 6.07) is 0.107. The van der Waals surface area contributed by atoms with E-state index in [2.05, 4.69) is 0 Å². The lowest BCUT2D eigenvalue weighted by Gasteiger charge is -2.25. The van der Waals surface area contributed by atoms with E-state index in [1.54, 1.807) is 18.8 Å². The third kappa shape index (κ3) is 5.75. The smallest absolute Gasteiger partial charge is 0.212 e. The van der Waals surface area contributed by atoms with Crippen molar-refractivity contribution in [2.24, 2.45) is 0 Å². The summed E-state index contributed by atoms with van der Waals surface area (Å²) in [7, 11) is -1.42. The second-order valence-corrected chi connectivity index (χ2v) is 7.18. The summed E-state index contributed by atoms with van der Waals surface area (Å²) in [4.78, 5) is 0. The van der Waals surface area contributed by atoms with E-state index >= 15 is 0 Å². The van der Waals surface area contributed by atoms with Crippen LogP contribution in [-0.4, -0.2) is 49.5 Å². The molecule has 0 aromatic rings. The van der Waals surface area contributed by atoms with Crippen LogP contribution in [0.2, 0.25) is 0 Å². The van der Waals surface area contributed by atoms with Crippen LogP contribution >= 0.6 is 23.4 Å². The van der Waals surface area contributed by atoms with Gasteiger partial charge < -0.3 is 0 Å². The van der Waals surface area contributed by atoms with Gasteiger partial charge >= 0.3 is 0 Å². The Morgan fingerprint density at radius 2 is 2.00 bits per heavy atom. The molecular weight excluding hydrogens is 266 g/mol. The van der Waals surface area contributed by atoms with Crippen molar-refractivity contribution in [1.29, 1.82) is 0 Å². The van der Waals surface area contributed by atoms with Crippen molar-refractivity contribution in [3.05, 3.63) is 0 Å². The minimum atomic E-state index is -3.10. The van der Waals surface area contributed by atoms with E-state index in [1.165, 1.54) is 4.31 Å². The van der Waals surface area contributed by atoms with E-state index in [1.807, 2.05) is 13.2 Å². The van der Waals surface area contributed by atoms with Gasteiger partial charge in [0, 0.05) is 24.7 Å². The average molecular weight is 288 g/mol. The molecule has 16 heavy (non-hydrogen) atoms. The summed E-state index contributed by atoms with van der Waals surface area (Å²) in [5, 5.41) is 0. The molecule has 0 fully saturated rings. The van der Waals surface area contributed by atoms with Crippen LogP contribution in [0.25, 0.3) is 0 Å². The Bertz CT molecular complexity index is 270. The number of nitrogens with zero attached hydrogens (tertiary/aromatic N) is 1. The topological polar surface area (TPSA) is 37.4 Å². The normalized spacial score (nSPS) is 14.3. The zero-order chi connectivity index (χ0) is 12.6. The van der Waals surface area contributed by atoms with Crippen molar-refractivity contribution in [3.8, 4) is 0 Å². The number of thioether (sulfide) groups is 1. The van der Waals surface area contributed by atoms with Crippen LogP contribution in [0.3, 0.4) is 0 Å². The number of hydrogen-bond acceptors (Lipinski definition) is 3. The van der Waals surface area contributed by atoms with Gasteiger partial charge in [0.2, 0.25) is 10.0 Å². The summed E-state index contributed by atoms with van der Waals surface area (Å²) in [6.07, 6.45) is 4.25. The van der Waals surface area contributed by atoms with Crippen molar-refractivity contribution in [1.82, 2.24) is 4.31 Å². The third-order valence-corrected chi connectivity index (χ3v) is 5.53. The van der Waals surface area contributed by atoms with Gasteiger partial charge in [-0.05, 0) is 25.5 Å². The molecule has 1 unspecified atom stereocenters. The highest BCUT2D eigenvalue weighted by atomic mass is 35.5. The van der Waals surface area contributed by atoms with E-state index in [-0.39, 0.29) is 11.8 Å². The van der Waals surface area contributed by atoms with Gasteiger partial charge in [-0.1, -0.05) is 6.92 Å². The van der Waals surface area contributed by atoms with Gasteiger partial charge in [-0.3, -0.25) is 0 Å². The summed E-state index contributed by atoms with van der Waals surface area (Å²) < 4.78 is 25.4. The first-order valence-corrected chi connectivity index (χ1v) is 9.04. The van der Waals surface area contributed by atoms with Gasteiger partial charge in [-0.15, -0.1) is 11.6 Å². The number of rotatable bonds is 9. The largest absolute Gasteiger partial charge is 0.214 e. The van der Waals surface area contributed by atoms with E-state index in [4.69, 9.17) is 11.6 Å². The molecule has 0 N–H and O–H groups in total. The molecular formula is C10H22ClNO2S2. The molecule has 1 atom stereocenters. The highest BCUT2D eigenvalue weighted by Crippen LogP contribution is 2.14. The highest BCUT2D eigenvalue weighted by Gasteiger charge is 2.23. The number of halogens is 1. The standard InChI is InChI=1S/C10H22ClNO2S2/c1-4-10(9-15-3)12(2)16(13,14)8-6-5-7-11/h10H,4-9H2,1-3H3. The van der Waals surface area contributed by atoms with Crippen molar-refractivity contribution in [2.75, 3.05) is 30.7 Å². The van der Waals surface area contributed by atoms with Crippen LogP contribution in [0, 0.1) is 0 Å². The van der Waals surface area contributed by atoms with Gasteiger partial charge in [-0.25, -0.2) is 12.7 Å². The molecule has 0 aromatic heterocycles. The van der Waals surface area contributed by atoms with Gasteiger partial charge in [0.05, 0.1) is 5.75 Å². The van der Waals surface area contributed by atoms with Crippen LogP contribution < -0.4 is 0 Å². The summed E-state index contributed by atoms with van der Waals surface area (Å²) in [5.41, 5.74) is 0. The van der Waals surface area contributed by atoms with Crippen molar-refractivity contribution in [3.63, 3.8) is 0 Å². The Morgan fingerprint density at radius 3 is 2.44 bits per heavy atom. The Kier molecular flexibility index (Phi) is 8.91. The van der Waals surface area contributed by atoms with Crippen molar-refractivity contribution < 1.29 is 8.42 Å². The summed E-state index contributed by atoms with van der Waals surface area (Å²) in [6.45, 7) is 2.02. The number of unbranched alkanes of at least 4 members (excludes halogenated alkanes) is 1. The first-order valence-electron chi connectivity index (χ1n) is 5.50. The molecule has 0 aliphatic rings. The quantitative estimate of drug-likeness (QED) is 0.483. The van der Waals surface area contributed by atoms with Gasteiger partial charge in [-0.2, -0.15) is 11.8 Å². The number of alkyl halides is 1. The molecule has 0 rings (SSSR count). The molecule has 0 heterocycles. The van der Waals surface area contributed by atoms with Crippen molar-refractivity contribution in [2.45, 2.75) is 32.2 Å². The highest BCUT2D eigenvalue weighted by molar-refractivity contribution is 7.98. The third-order valence-electron chi connectivity index (χ3n) is 2.57. The van der Waals surface area contributed by atoms with E-state index in [0.29, 0.717) is 12.3 Å². The number of sulfonamides is 1. The Balaban J connectivity index is 4.36. The molecule has 0 radical (unpaired) electrons. The minimum Gasteiger partial charge on any atom is -0.212 e. The van der Waals surface area contributed by atoms with Crippen molar-refractivity contribution >= 4 is 33.4 Å². The van der Waals surface area contributed by atoms with Gasteiger partial charge in [0.25, 0.3) is 0 Å². The fraction of sp³-hybridized carbons (Fsp3) is 1.00. The van der Waals surface area contributed by atoms with Crippen LogP contribution in [0.4, 0.5) is 0 Å². The second-order valence-electron chi connectivity index (χ2n) is 3.75. The molecule has 3 nitrogen and oxygen atoms in total. The van der Waals surface area contributed by atoms with Gasteiger partial charge in [0.15, 0.2) is 0 Å². The number of hydrogen-bond donors (Lipinski definition) is 0. The molecule has 0 spiro atoms. The predicted octanol–water partition coefficient (Wildman–Crippen LogP) is 2.41. The maximum atomic E-state index is 12.0. The lowest BCUT2D eigenvalue weighted by atomic mass is 10.3. The molecule has 0 saturated heterocycles. The molecule has 98 valence electrons. The maximum Gasteiger partial charge on any atom is 0.214 e.